The average Bonchev–Trinajstić information content (AvgIpc) is 2.64. The maximum atomic E-state index is 11.9. The smallest absolute Gasteiger partial charge is 0.384 e. The second-order valence-corrected chi connectivity index (χ2v) is 6.14. The van der Waals surface area contributed by atoms with Crippen LogP contribution in [0.3, 0.4) is 0 Å². The highest BCUT2D eigenvalue weighted by Crippen LogP contribution is 2.06. The van der Waals surface area contributed by atoms with Gasteiger partial charge in [-0.2, -0.15) is 0 Å². The number of amides is 1. The van der Waals surface area contributed by atoms with Gasteiger partial charge in [-0.15, -0.1) is 0 Å². The zero-order valence-electron chi connectivity index (χ0n) is 13.8. The van der Waals surface area contributed by atoms with E-state index in [1.54, 1.807) is 24.3 Å². The van der Waals surface area contributed by atoms with Gasteiger partial charge in [0, 0.05) is 11.5 Å². The molecule has 6 nitrogen and oxygen atoms in total. The minimum Gasteiger partial charge on any atom is -0.451 e. The molecule has 0 spiro atoms. The van der Waals surface area contributed by atoms with E-state index in [1.165, 1.54) is 0 Å². The predicted octanol–water partition coefficient (Wildman–Crippen LogP) is 1.88. The van der Waals surface area contributed by atoms with E-state index in [2.05, 4.69) is 17.2 Å². The van der Waals surface area contributed by atoms with Crippen molar-refractivity contribution < 1.29 is 23.1 Å². The van der Waals surface area contributed by atoms with Crippen molar-refractivity contribution in [2.75, 3.05) is 6.54 Å². The molecule has 0 saturated heterocycles. The first-order valence-electron chi connectivity index (χ1n) is 7.69. The Kier molecular flexibility index (Phi) is 7.55. The van der Waals surface area contributed by atoms with E-state index >= 15 is 0 Å². The van der Waals surface area contributed by atoms with Crippen LogP contribution in [-0.4, -0.2) is 27.2 Å². The fourth-order valence-electron chi connectivity index (χ4n) is 2.00. The van der Waals surface area contributed by atoms with Crippen molar-refractivity contribution in [2.24, 2.45) is 0 Å². The van der Waals surface area contributed by atoms with Crippen LogP contribution < -0.4 is 5.32 Å². The van der Waals surface area contributed by atoms with Crippen LogP contribution in [0, 0.1) is 11.8 Å². The van der Waals surface area contributed by atoms with Crippen LogP contribution in [-0.2, 0) is 33.0 Å². The highest BCUT2D eigenvalue weighted by atomic mass is 32.2. The van der Waals surface area contributed by atoms with Crippen molar-refractivity contribution in [2.45, 2.75) is 12.4 Å². The van der Waals surface area contributed by atoms with Crippen molar-refractivity contribution in [3.05, 3.63) is 71.3 Å². The summed E-state index contributed by atoms with van der Waals surface area (Å²) in [4.78, 5) is 23.4. The second kappa shape index (κ2) is 10.1. The molecule has 0 radical (unpaired) electrons. The first-order valence-corrected chi connectivity index (χ1v) is 8.96. The SMILES string of the molecule is O=C(C#CCNC(=O)c1ccc(CS(=O)O)cc1)OCc1ccccc1. The summed E-state index contributed by atoms with van der Waals surface area (Å²) in [5.74, 6) is 3.83. The van der Waals surface area contributed by atoms with Crippen molar-refractivity contribution in [3.8, 4) is 11.8 Å². The number of benzene rings is 2. The summed E-state index contributed by atoms with van der Waals surface area (Å²) in [6.07, 6.45) is 0. The lowest BCUT2D eigenvalue weighted by Crippen LogP contribution is -2.23. The summed E-state index contributed by atoms with van der Waals surface area (Å²) in [6.45, 7) is 0.146. The molecule has 26 heavy (non-hydrogen) atoms. The molecule has 134 valence electrons. The monoisotopic (exact) mass is 371 g/mol. The lowest BCUT2D eigenvalue weighted by Gasteiger charge is -2.03. The number of ether oxygens (including phenoxy) is 1. The van der Waals surface area contributed by atoms with Crippen molar-refractivity contribution in [1.29, 1.82) is 0 Å². The van der Waals surface area contributed by atoms with Crippen molar-refractivity contribution >= 4 is 23.0 Å². The molecule has 0 saturated carbocycles. The molecule has 0 heterocycles. The van der Waals surface area contributed by atoms with Gasteiger partial charge in [-0.25, -0.2) is 9.00 Å². The van der Waals surface area contributed by atoms with Gasteiger partial charge in [-0.3, -0.25) is 4.79 Å². The molecule has 0 aliphatic carbocycles. The number of carbonyl (C=O) groups is 2. The van der Waals surface area contributed by atoms with Crippen LogP contribution in [0.4, 0.5) is 0 Å². The summed E-state index contributed by atoms with van der Waals surface area (Å²) in [6, 6.07) is 15.6. The Labute approximate surface area is 153 Å². The van der Waals surface area contributed by atoms with E-state index in [9.17, 15) is 13.8 Å². The molecule has 1 unspecified atom stereocenters. The number of rotatable bonds is 6. The van der Waals surface area contributed by atoms with E-state index in [-0.39, 0.29) is 24.8 Å². The van der Waals surface area contributed by atoms with Gasteiger partial charge in [-0.1, -0.05) is 48.4 Å². The quantitative estimate of drug-likeness (QED) is 0.350. The van der Waals surface area contributed by atoms with Crippen molar-refractivity contribution in [1.82, 2.24) is 5.32 Å². The highest BCUT2D eigenvalue weighted by Gasteiger charge is 2.05. The molecule has 1 atom stereocenters. The van der Waals surface area contributed by atoms with E-state index in [0.29, 0.717) is 11.1 Å². The maximum absolute atomic E-state index is 11.9. The first-order chi connectivity index (χ1) is 12.5. The fourth-order valence-corrected chi connectivity index (χ4v) is 2.47. The predicted molar refractivity (Wildman–Crippen MR) is 97.3 cm³/mol. The van der Waals surface area contributed by atoms with Gasteiger partial charge in [0.2, 0.25) is 0 Å². The lowest BCUT2D eigenvalue weighted by atomic mass is 10.1. The van der Waals surface area contributed by atoms with Gasteiger partial charge < -0.3 is 14.6 Å². The van der Waals surface area contributed by atoms with Crippen molar-refractivity contribution in [3.63, 3.8) is 0 Å². The van der Waals surface area contributed by atoms with E-state index in [0.717, 1.165) is 5.56 Å². The standard InChI is InChI=1S/C19H17NO5S/c21-18(25-13-15-5-2-1-3-6-15)7-4-12-20-19(22)17-10-8-16(9-11-17)14-26(23)24/h1-3,5-6,8-11H,12-14H2,(H,20,22)(H,23,24). The number of hydrogen-bond acceptors (Lipinski definition) is 4. The summed E-state index contributed by atoms with van der Waals surface area (Å²) >= 11 is -1.92. The molecule has 2 rings (SSSR count). The van der Waals surface area contributed by atoms with Gasteiger partial charge in [0.15, 0.2) is 11.1 Å². The van der Waals surface area contributed by atoms with Gasteiger partial charge in [-0.05, 0) is 23.3 Å². The Morgan fingerprint density at radius 3 is 2.38 bits per heavy atom. The molecular formula is C19H17NO5S. The zero-order chi connectivity index (χ0) is 18.8. The Morgan fingerprint density at radius 2 is 1.73 bits per heavy atom. The third kappa shape index (κ3) is 6.89. The average molecular weight is 371 g/mol. The van der Waals surface area contributed by atoms with E-state index in [1.807, 2.05) is 30.3 Å². The summed E-state index contributed by atoms with van der Waals surface area (Å²) in [5, 5.41) is 2.56. The summed E-state index contributed by atoms with van der Waals surface area (Å²) in [7, 11) is 0. The van der Waals surface area contributed by atoms with E-state index in [4.69, 9.17) is 9.29 Å². The molecule has 0 bridgehead atoms. The number of carbonyl (C=O) groups excluding carboxylic acids is 2. The summed E-state index contributed by atoms with van der Waals surface area (Å²) < 4.78 is 24.5. The van der Waals surface area contributed by atoms with Crippen LogP contribution in [0.15, 0.2) is 54.6 Å². The van der Waals surface area contributed by atoms with Gasteiger partial charge >= 0.3 is 5.97 Å². The van der Waals surface area contributed by atoms with Crippen LogP contribution >= 0.6 is 0 Å². The minimum atomic E-state index is -1.92. The highest BCUT2D eigenvalue weighted by molar-refractivity contribution is 7.78. The Balaban J connectivity index is 1.75. The summed E-state index contributed by atoms with van der Waals surface area (Å²) in [5.41, 5.74) is 1.92. The van der Waals surface area contributed by atoms with Gasteiger partial charge in [0.05, 0.1) is 12.3 Å². The zero-order valence-corrected chi connectivity index (χ0v) is 14.6. The Bertz CT molecular complexity index is 838. The lowest BCUT2D eigenvalue weighted by molar-refractivity contribution is -0.137. The third-order valence-corrected chi connectivity index (χ3v) is 3.83. The minimum absolute atomic E-state index is 0.00167. The molecule has 2 N–H and O–H groups in total. The molecule has 1 amide bonds. The molecular weight excluding hydrogens is 354 g/mol. The molecule has 7 heteroatoms. The van der Waals surface area contributed by atoms with Crippen LogP contribution in [0.2, 0.25) is 0 Å². The third-order valence-electron chi connectivity index (χ3n) is 3.25. The molecule has 0 aliphatic heterocycles. The molecule has 2 aromatic carbocycles. The maximum Gasteiger partial charge on any atom is 0.384 e. The molecule has 0 fully saturated rings. The van der Waals surface area contributed by atoms with Crippen LogP contribution in [0.25, 0.3) is 0 Å². The number of hydrogen-bond donors (Lipinski definition) is 2. The topological polar surface area (TPSA) is 92.7 Å². The molecule has 0 aliphatic rings. The Morgan fingerprint density at radius 1 is 1.04 bits per heavy atom. The Hall–Kier alpha value is -2.95. The molecule has 2 aromatic rings. The number of esters is 1. The normalized spacial score (nSPS) is 11.0. The second-order valence-electron chi connectivity index (χ2n) is 5.21. The van der Waals surface area contributed by atoms with E-state index < -0.39 is 17.0 Å². The van der Waals surface area contributed by atoms with Gasteiger partial charge in [0.25, 0.3) is 5.91 Å². The largest absolute Gasteiger partial charge is 0.451 e. The van der Waals surface area contributed by atoms with Crippen LogP contribution in [0.1, 0.15) is 21.5 Å². The fraction of sp³-hybridized carbons (Fsp3) is 0.158. The number of nitrogens with one attached hydrogen (secondary N) is 1. The first kappa shape index (κ1) is 19.4. The van der Waals surface area contributed by atoms with Gasteiger partial charge in [0.1, 0.15) is 6.61 Å². The molecule has 0 aromatic heterocycles. The van der Waals surface area contributed by atoms with Crippen LogP contribution in [0.5, 0.6) is 0 Å².